The number of rotatable bonds is 10. The minimum atomic E-state index is -3.60. The molecule has 0 unspecified atom stereocenters. The van der Waals surface area contributed by atoms with Gasteiger partial charge in [-0.1, -0.05) is 19.9 Å². The highest BCUT2D eigenvalue weighted by Gasteiger charge is 2.37. The number of hydrogen-bond donors (Lipinski definition) is 1. The van der Waals surface area contributed by atoms with E-state index in [1.54, 1.807) is 37.4 Å². The number of aliphatic hydroxyl groups is 1. The minimum absolute atomic E-state index is 0.300. The molecule has 29 heavy (non-hydrogen) atoms. The van der Waals surface area contributed by atoms with Gasteiger partial charge in [-0.05, 0) is 54.3 Å². The standard InChI is InChI=1S/C22H32NO5P/c1-16(2)13-14-28-29(25,19-10-8-18(9-11-19)23(3)4)22(24)17-7-12-20(26-5)21(15-17)27-6/h7-12,15-16,22,24H,13-14H2,1-6H3/t22-,29-/m1/s1. The molecule has 2 rings (SSSR count). The monoisotopic (exact) mass is 421 g/mol. The van der Waals surface area contributed by atoms with E-state index in [0.29, 0.717) is 34.9 Å². The van der Waals surface area contributed by atoms with Crippen molar-refractivity contribution in [1.82, 2.24) is 0 Å². The van der Waals surface area contributed by atoms with Crippen LogP contribution in [0.15, 0.2) is 42.5 Å². The van der Waals surface area contributed by atoms with E-state index in [2.05, 4.69) is 13.8 Å². The Labute approximate surface area is 173 Å². The summed E-state index contributed by atoms with van der Waals surface area (Å²) in [6.45, 7) is 4.45. The summed E-state index contributed by atoms with van der Waals surface area (Å²) in [6.07, 6.45) is 0.748. The average molecular weight is 421 g/mol. The first-order valence-electron chi connectivity index (χ1n) is 9.65. The molecular formula is C22H32NO5P. The van der Waals surface area contributed by atoms with Crippen LogP contribution in [0.4, 0.5) is 5.69 Å². The lowest BCUT2D eigenvalue weighted by Gasteiger charge is -2.26. The highest BCUT2D eigenvalue weighted by atomic mass is 31.2. The molecule has 2 aromatic carbocycles. The molecule has 2 atom stereocenters. The summed E-state index contributed by atoms with van der Waals surface area (Å²) in [5.74, 6) is 0.0764. The van der Waals surface area contributed by atoms with Crippen LogP contribution in [0.2, 0.25) is 0 Å². The first-order chi connectivity index (χ1) is 13.7. The summed E-state index contributed by atoms with van der Waals surface area (Å²) in [5.41, 5.74) is 1.43. The zero-order valence-electron chi connectivity index (χ0n) is 18.1. The molecule has 0 aliphatic heterocycles. The van der Waals surface area contributed by atoms with Crippen molar-refractivity contribution in [3.8, 4) is 11.5 Å². The molecule has 0 spiro atoms. The molecule has 6 nitrogen and oxygen atoms in total. The van der Waals surface area contributed by atoms with Crippen molar-refractivity contribution in [3.05, 3.63) is 48.0 Å². The molecule has 0 amide bonds. The summed E-state index contributed by atoms with van der Waals surface area (Å²) in [5, 5.41) is 11.6. The number of hydrogen-bond acceptors (Lipinski definition) is 6. The van der Waals surface area contributed by atoms with Crippen LogP contribution < -0.4 is 19.7 Å². The molecule has 0 aliphatic rings. The Balaban J connectivity index is 2.44. The third-order valence-corrected chi connectivity index (χ3v) is 7.26. The fraction of sp³-hybridized carbons (Fsp3) is 0.455. The Kier molecular flexibility index (Phi) is 8.14. The molecule has 2 aromatic rings. The maximum atomic E-state index is 14.0. The normalized spacial score (nSPS) is 14.3. The number of anilines is 1. The van der Waals surface area contributed by atoms with Gasteiger partial charge in [0.15, 0.2) is 17.3 Å². The lowest BCUT2D eigenvalue weighted by Crippen LogP contribution is -2.17. The topological polar surface area (TPSA) is 68.2 Å². The molecule has 160 valence electrons. The van der Waals surface area contributed by atoms with E-state index in [0.717, 1.165) is 12.1 Å². The van der Waals surface area contributed by atoms with Gasteiger partial charge in [-0.2, -0.15) is 0 Å². The molecule has 0 heterocycles. The van der Waals surface area contributed by atoms with Crippen LogP contribution in [0, 0.1) is 5.92 Å². The van der Waals surface area contributed by atoms with Crippen LogP contribution in [0.3, 0.4) is 0 Å². The van der Waals surface area contributed by atoms with Crippen molar-refractivity contribution < 1.29 is 23.7 Å². The van der Waals surface area contributed by atoms with Crippen LogP contribution in [-0.2, 0) is 9.09 Å². The predicted molar refractivity (Wildman–Crippen MR) is 118 cm³/mol. The van der Waals surface area contributed by atoms with Crippen molar-refractivity contribution in [2.45, 2.75) is 26.1 Å². The van der Waals surface area contributed by atoms with E-state index in [9.17, 15) is 9.67 Å². The Bertz CT molecular complexity index is 836. The van der Waals surface area contributed by atoms with E-state index in [1.807, 2.05) is 31.1 Å². The van der Waals surface area contributed by atoms with E-state index >= 15 is 0 Å². The van der Waals surface area contributed by atoms with Gasteiger partial charge in [-0.3, -0.25) is 4.57 Å². The number of aliphatic hydroxyl groups excluding tert-OH is 1. The molecular weight excluding hydrogens is 389 g/mol. The number of ether oxygens (including phenoxy) is 2. The van der Waals surface area contributed by atoms with E-state index in [-0.39, 0.29) is 0 Å². The second kappa shape index (κ2) is 10.1. The largest absolute Gasteiger partial charge is 0.493 e. The molecule has 0 fully saturated rings. The number of nitrogens with zero attached hydrogens (tertiary/aromatic N) is 1. The second-order valence-corrected chi connectivity index (χ2v) is 9.97. The maximum absolute atomic E-state index is 14.0. The van der Waals surface area contributed by atoms with Crippen LogP contribution in [0.25, 0.3) is 0 Å². The van der Waals surface area contributed by atoms with Gasteiger partial charge in [0, 0.05) is 25.1 Å². The lowest BCUT2D eigenvalue weighted by molar-refractivity contribution is 0.208. The molecule has 0 aliphatic carbocycles. The van der Waals surface area contributed by atoms with Gasteiger partial charge in [-0.15, -0.1) is 0 Å². The third kappa shape index (κ3) is 5.53. The van der Waals surface area contributed by atoms with Gasteiger partial charge in [0.1, 0.15) is 0 Å². The summed E-state index contributed by atoms with van der Waals surface area (Å²) in [6, 6.07) is 12.3. The van der Waals surface area contributed by atoms with Crippen molar-refractivity contribution >= 4 is 18.4 Å². The third-order valence-electron chi connectivity index (χ3n) is 4.73. The van der Waals surface area contributed by atoms with Gasteiger partial charge in [0.2, 0.25) is 0 Å². The Morgan fingerprint density at radius 3 is 2.14 bits per heavy atom. The first kappa shape index (κ1) is 23.3. The van der Waals surface area contributed by atoms with E-state index < -0.39 is 13.2 Å². The van der Waals surface area contributed by atoms with Crippen LogP contribution in [0.1, 0.15) is 31.7 Å². The van der Waals surface area contributed by atoms with Crippen LogP contribution in [-0.4, -0.2) is 40.0 Å². The van der Waals surface area contributed by atoms with Gasteiger partial charge >= 0.3 is 0 Å². The summed E-state index contributed by atoms with van der Waals surface area (Å²) in [7, 11) is 3.33. The SMILES string of the molecule is COc1ccc([C@H](O)[P@](=O)(OCCC(C)C)c2ccc(N(C)C)cc2)cc1OC. The van der Waals surface area contributed by atoms with Gasteiger partial charge in [-0.25, -0.2) is 0 Å². The Morgan fingerprint density at radius 2 is 1.62 bits per heavy atom. The molecule has 0 radical (unpaired) electrons. The Morgan fingerprint density at radius 1 is 1.00 bits per heavy atom. The van der Waals surface area contributed by atoms with Crippen molar-refractivity contribution in [2.75, 3.05) is 39.8 Å². The van der Waals surface area contributed by atoms with Crippen molar-refractivity contribution in [2.24, 2.45) is 5.92 Å². The zero-order valence-corrected chi connectivity index (χ0v) is 19.0. The second-order valence-electron chi connectivity index (χ2n) is 7.51. The lowest BCUT2D eigenvalue weighted by atomic mass is 10.2. The Hall–Kier alpha value is -2.01. The highest BCUT2D eigenvalue weighted by Crippen LogP contribution is 2.58. The zero-order chi connectivity index (χ0) is 21.6. The van der Waals surface area contributed by atoms with Gasteiger partial charge in [0.05, 0.1) is 20.8 Å². The first-order valence-corrected chi connectivity index (χ1v) is 11.3. The predicted octanol–water partition coefficient (Wildman–Crippen LogP) is 4.43. The molecule has 7 heteroatoms. The molecule has 0 saturated heterocycles. The van der Waals surface area contributed by atoms with E-state index in [4.69, 9.17) is 14.0 Å². The number of methoxy groups -OCH3 is 2. The van der Waals surface area contributed by atoms with Crippen molar-refractivity contribution in [1.29, 1.82) is 0 Å². The minimum Gasteiger partial charge on any atom is -0.493 e. The fourth-order valence-electron chi connectivity index (χ4n) is 2.88. The smallest absolute Gasteiger partial charge is 0.264 e. The van der Waals surface area contributed by atoms with Gasteiger partial charge in [0.25, 0.3) is 7.37 Å². The van der Waals surface area contributed by atoms with Gasteiger partial charge < -0.3 is 24.0 Å². The van der Waals surface area contributed by atoms with Crippen LogP contribution >= 0.6 is 7.37 Å². The molecule has 0 aromatic heterocycles. The van der Waals surface area contributed by atoms with E-state index in [1.165, 1.54) is 7.11 Å². The number of benzene rings is 2. The summed E-state index contributed by atoms with van der Waals surface area (Å²) < 4.78 is 30.5. The summed E-state index contributed by atoms with van der Waals surface area (Å²) >= 11 is 0. The average Bonchev–Trinajstić information content (AvgIpc) is 2.72. The maximum Gasteiger partial charge on any atom is 0.264 e. The van der Waals surface area contributed by atoms with Crippen LogP contribution in [0.5, 0.6) is 11.5 Å². The highest BCUT2D eigenvalue weighted by molar-refractivity contribution is 7.67. The molecule has 1 N–H and O–H groups in total. The molecule has 0 saturated carbocycles. The fourth-order valence-corrected chi connectivity index (χ4v) is 4.95. The summed E-state index contributed by atoms with van der Waals surface area (Å²) in [4.78, 5) is 1.96. The quantitative estimate of drug-likeness (QED) is 0.573. The van der Waals surface area contributed by atoms with Crippen molar-refractivity contribution in [3.63, 3.8) is 0 Å². The molecule has 0 bridgehead atoms.